The van der Waals surface area contributed by atoms with Gasteiger partial charge >= 0.3 is 6.11 Å². The van der Waals surface area contributed by atoms with Gasteiger partial charge in [-0.1, -0.05) is 44.4 Å². The van der Waals surface area contributed by atoms with E-state index < -0.39 is 64.8 Å². The fourth-order valence-corrected chi connectivity index (χ4v) is 5.36. The first-order chi connectivity index (χ1) is 22.4. The lowest BCUT2D eigenvalue weighted by Crippen LogP contribution is -2.27. The zero-order chi connectivity index (χ0) is 33.9. The molecule has 1 aliphatic heterocycles. The average Bonchev–Trinajstić information content (AvgIpc) is 3.00. The van der Waals surface area contributed by atoms with Gasteiger partial charge in [-0.3, -0.25) is 0 Å². The fourth-order valence-electron chi connectivity index (χ4n) is 5.36. The first-order valence-electron chi connectivity index (χ1n) is 14.8. The molecule has 5 rings (SSSR count). The molecular weight excluding hydrogens is 639 g/mol. The Hall–Kier alpha value is -4.03. The molecule has 0 bridgehead atoms. The van der Waals surface area contributed by atoms with Crippen molar-refractivity contribution in [2.45, 2.75) is 51.4 Å². The molecular formula is C35H29F9O3. The summed E-state index contributed by atoms with van der Waals surface area (Å²) in [5.74, 6) is -7.04. The van der Waals surface area contributed by atoms with Crippen LogP contribution in [-0.2, 0) is 15.6 Å². The minimum atomic E-state index is -4.21. The SMILES string of the molecule is CCCCCC1COC(c2ccc(C(F)(F)Oc3ccc(-c4ccc(-c5cc(F)c(C(F)F)c(F)c5)c(F)c4)c(F)c3)c(F)c2)OC1. The van der Waals surface area contributed by atoms with Gasteiger partial charge in [0.2, 0.25) is 0 Å². The zero-order valence-corrected chi connectivity index (χ0v) is 25.0. The fraction of sp³-hybridized carbons (Fsp3) is 0.314. The molecule has 0 amide bonds. The maximum atomic E-state index is 15.0. The summed E-state index contributed by atoms with van der Waals surface area (Å²) in [6.07, 6.45) is -4.42. The highest BCUT2D eigenvalue weighted by Gasteiger charge is 2.38. The van der Waals surface area contributed by atoms with Crippen LogP contribution in [0.4, 0.5) is 39.5 Å². The van der Waals surface area contributed by atoms with E-state index in [9.17, 15) is 26.3 Å². The molecule has 0 spiro atoms. The molecule has 0 saturated carbocycles. The van der Waals surface area contributed by atoms with Gasteiger partial charge in [-0.25, -0.2) is 30.7 Å². The largest absolute Gasteiger partial charge is 0.429 e. The molecule has 3 nitrogen and oxygen atoms in total. The topological polar surface area (TPSA) is 27.7 Å². The summed E-state index contributed by atoms with van der Waals surface area (Å²) in [5, 5.41) is 0. The van der Waals surface area contributed by atoms with E-state index in [4.69, 9.17) is 9.47 Å². The number of unbranched alkanes of at least 4 members (excludes halogenated alkanes) is 2. The van der Waals surface area contributed by atoms with Gasteiger partial charge < -0.3 is 14.2 Å². The van der Waals surface area contributed by atoms with Gasteiger partial charge in [-0.15, -0.1) is 0 Å². The molecule has 12 heteroatoms. The molecule has 0 unspecified atom stereocenters. The highest BCUT2D eigenvalue weighted by Crippen LogP contribution is 2.38. The van der Waals surface area contributed by atoms with Crippen molar-refractivity contribution in [1.29, 1.82) is 0 Å². The first kappa shape index (κ1) is 34.3. The van der Waals surface area contributed by atoms with E-state index in [1.807, 2.05) is 0 Å². The highest BCUT2D eigenvalue weighted by atomic mass is 19.3. The highest BCUT2D eigenvalue weighted by molar-refractivity contribution is 5.72. The molecule has 0 atom stereocenters. The summed E-state index contributed by atoms with van der Waals surface area (Å²) in [5.41, 5.74) is -3.39. The molecule has 4 aromatic carbocycles. The van der Waals surface area contributed by atoms with Crippen molar-refractivity contribution < 1.29 is 53.7 Å². The molecule has 0 radical (unpaired) electrons. The van der Waals surface area contributed by atoms with Crippen LogP contribution < -0.4 is 4.74 Å². The summed E-state index contributed by atoms with van der Waals surface area (Å²) in [4.78, 5) is 0. The maximum absolute atomic E-state index is 15.0. The third-order valence-corrected chi connectivity index (χ3v) is 7.84. The summed E-state index contributed by atoms with van der Waals surface area (Å²) in [6, 6.07) is 9.70. The Labute approximate surface area is 264 Å². The number of halogens is 9. The van der Waals surface area contributed by atoms with E-state index in [-0.39, 0.29) is 33.7 Å². The average molecular weight is 669 g/mol. The number of hydrogen-bond donors (Lipinski definition) is 0. The summed E-state index contributed by atoms with van der Waals surface area (Å²) in [6.45, 7) is 2.89. The molecule has 1 saturated heterocycles. The van der Waals surface area contributed by atoms with E-state index >= 15 is 13.2 Å². The third kappa shape index (κ3) is 7.76. The Morgan fingerprint density at radius 1 is 0.723 bits per heavy atom. The standard InChI is InChI=1S/C35H29F9O3/c1-2-3-4-5-19-17-45-34(46-18-19)21-7-11-26(29(38)13-21)35(43,44)47-23-8-10-24(28(37)16-23)20-6-9-25(27(36)12-20)22-14-30(39)32(33(41)42)31(40)15-22/h6-16,19,33-34H,2-5,17-18H2,1H3. The molecule has 0 aliphatic carbocycles. The maximum Gasteiger partial charge on any atom is 0.429 e. The zero-order valence-electron chi connectivity index (χ0n) is 25.0. The van der Waals surface area contributed by atoms with Crippen LogP contribution in [0.25, 0.3) is 22.3 Å². The number of benzene rings is 4. The smallest absolute Gasteiger partial charge is 0.429 e. The van der Waals surface area contributed by atoms with Crippen LogP contribution in [0, 0.1) is 35.0 Å². The van der Waals surface area contributed by atoms with Crippen molar-refractivity contribution in [2.24, 2.45) is 5.92 Å². The van der Waals surface area contributed by atoms with E-state index in [2.05, 4.69) is 11.7 Å². The molecule has 47 heavy (non-hydrogen) atoms. The second-order valence-corrected chi connectivity index (χ2v) is 11.2. The summed E-state index contributed by atoms with van der Waals surface area (Å²) in [7, 11) is 0. The number of ether oxygens (including phenoxy) is 3. The number of hydrogen-bond acceptors (Lipinski definition) is 3. The summed E-state index contributed by atoms with van der Waals surface area (Å²) >= 11 is 0. The van der Waals surface area contributed by atoms with E-state index in [1.165, 1.54) is 12.1 Å². The van der Waals surface area contributed by atoms with Crippen LogP contribution in [0.3, 0.4) is 0 Å². The van der Waals surface area contributed by atoms with Crippen molar-refractivity contribution >= 4 is 0 Å². The van der Waals surface area contributed by atoms with Crippen LogP contribution >= 0.6 is 0 Å². The Morgan fingerprint density at radius 3 is 1.94 bits per heavy atom. The van der Waals surface area contributed by atoms with E-state index in [0.29, 0.717) is 31.4 Å². The Bertz CT molecular complexity index is 1700. The van der Waals surface area contributed by atoms with E-state index in [0.717, 1.165) is 62.1 Å². The quantitative estimate of drug-likeness (QED) is 0.118. The first-order valence-corrected chi connectivity index (χ1v) is 14.8. The lowest BCUT2D eigenvalue weighted by molar-refractivity contribution is -0.206. The normalized spacial score (nSPS) is 16.9. The van der Waals surface area contributed by atoms with Crippen molar-refractivity contribution in [2.75, 3.05) is 13.2 Å². The van der Waals surface area contributed by atoms with Crippen molar-refractivity contribution in [3.63, 3.8) is 0 Å². The number of alkyl halides is 4. The molecule has 0 N–H and O–H groups in total. The third-order valence-electron chi connectivity index (χ3n) is 7.84. The van der Waals surface area contributed by atoms with Crippen LogP contribution in [-0.4, -0.2) is 13.2 Å². The summed E-state index contributed by atoms with van der Waals surface area (Å²) < 4.78 is 145. The van der Waals surface area contributed by atoms with Gasteiger partial charge in [0.05, 0.1) is 24.3 Å². The van der Waals surface area contributed by atoms with Crippen molar-refractivity contribution in [3.05, 3.63) is 113 Å². The van der Waals surface area contributed by atoms with Gasteiger partial charge in [-0.05, 0) is 60.0 Å². The Morgan fingerprint density at radius 2 is 1.34 bits per heavy atom. The molecule has 1 heterocycles. The second kappa shape index (κ2) is 14.4. The van der Waals surface area contributed by atoms with Crippen LogP contribution in [0.15, 0.2) is 66.7 Å². The van der Waals surface area contributed by atoms with E-state index in [1.54, 1.807) is 0 Å². The molecule has 0 aromatic heterocycles. The monoisotopic (exact) mass is 668 g/mol. The van der Waals surface area contributed by atoms with Gasteiger partial charge in [0, 0.05) is 28.7 Å². The van der Waals surface area contributed by atoms with Crippen LogP contribution in [0.2, 0.25) is 0 Å². The predicted molar refractivity (Wildman–Crippen MR) is 155 cm³/mol. The minimum Gasteiger partial charge on any atom is -0.429 e. The lowest BCUT2D eigenvalue weighted by atomic mass is 9.98. The Kier molecular flexibility index (Phi) is 10.5. The predicted octanol–water partition coefficient (Wildman–Crippen LogP) is 11.0. The van der Waals surface area contributed by atoms with Gasteiger partial charge in [0.1, 0.15) is 34.8 Å². The lowest BCUT2D eigenvalue weighted by Gasteiger charge is -2.30. The molecule has 4 aromatic rings. The number of rotatable bonds is 11. The van der Waals surface area contributed by atoms with Crippen LogP contribution in [0.1, 0.15) is 62.0 Å². The molecule has 1 aliphatic rings. The van der Waals surface area contributed by atoms with Gasteiger partial charge in [-0.2, -0.15) is 8.78 Å². The van der Waals surface area contributed by atoms with Crippen molar-refractivity contribution in [3.8, 4) is 28.0 Å². The van der Waals surface area contributed by atoms with Crippen LogP contribution in [0.5, 0.6) is 5.75 Å². The van der Waals surface area contributed by atoms with Gasteiger partial charge in [0.15, 0.2) is 6.29 Å². The van der Waals surface area contributed by atoms with Gasteiger partial charge in [0.25, 0.3) is 6.43 Å². The minimum absolute atomic E-state index is 0.0757. The molecule has 250 valence electrons. The van der Waals surface area contributed by atoms with Crippen molar-refractivity contribution in [1.82, 2.24) is 0 Å². The molecule has 1 fully saturated rings. The Balaban J connectivity index is 1.28. The second-order valence-electron chi connectivity index (χ2n) is 11.2.